The lowest BCUT2D eigenvalue weighted by atomic mass is 9.98. The van der Waals surface area contributed by atoms with E-state index in [1.165, 1.54) is 22.3 Å². The van der Waals surface area contributed by atoms with Crippen molar-refractivity contribution < 1.29 is 47.4 Å². The summed E-state index contributed by atoms with van der Waals surface area (Å²) in [6.45, 7) is 10.1. The van der Waals surface area contributed by atoms with Crippen molar-refractivity contribution in [2.45, 2.75) is 12.3 Å². The predicted molar refractivity (Wildman–Crippen MR) is 178 cm³/mol. The van der Waals surface area contributed by atoms with Gasteiger partial charge in [-0.1, -0.05) is 48.5 Å². The first kappa shape index (κ1) is 38.8. The summed E-state index contributed by atoms with van der Waals surface area (Å²) in [5, 5.41) is 5.82. The third-order valence-corrected chi connectivity index (χ3v) is 7.18. The Hall–Kier alpha value is -2.65. The van der Waals surface area contributed by atoms with Gasteiger partial charge in [-0.15, -0.1) is 0 Å². The van der Waals surface area contributed by atoms with E-state index in [1.807, 2.05) is 31.3 Å². The maximum absolute atomic E-state index is 12.2. The molecule has 2 aromatic rings. The first-order chi connectivity index (χ1) is 23.3. The molecule has 1 aliphatic rings. The molecule has 2 N–H and O–H groups in total. The first-order valence-electron chi connectivity index (χ1n) is 16.7. The van der Waals surface area contributed by atoms with E-state index in [0.29, 0.717) is 125 Å². The largest absolute Gasteiger partial charge is 0.449 e. The van der Waals surface area contributed by atoms with Crippen molar-refractivity contribution in [1.29, 1.82) is 0 Å². The molecule has 0 fully saturated rings. The van der Waals surface area contributed by atoms with Gasteiger partial charge in [0.1, 0.15) is 6.61 Å². The molecule has 0 aliphatic heterocycles. The maximum atomic E-state index is 12.2. The van der Waals surface area contributed by atoms with Crippen LogP contribution in [0.4, 0.5) is 4.79 Å². The molecule has 264 valence electrons. The molecule has 0 saturated carbocycles. The number of fused-ring (bicyclic) bond motifs is 3. The Morgan fingerprint density at radius 1 is 0.532 bits per heavy atom. The molecule has 0 radical (unpaired) electrons. The molecule has 12 nitrogen and oxygen atoms in total. The summed E-state index contributed by atoms with van der Waals surface area (Å²) in [7, 11) is 1.89. The molecule has 0 heterocycles. The summed E-state index contributed by atoms with van der Waals surface area (Å²) >= 11 is 0. The van der Waals surface area contributed by atoms with Crippen LogP contribution in [-0.2, 0) is 42.6 Å². The minimum absolute atomic E-state index is 0.0545. The van der Waals surface area contributed by atoms with Crippen LogP contribution in [0.25, 0.3) is 11.1 Å². The SMILES string of the molecule is CNCCOCCOCCOCCOCCOCCOCCOCCOCCCNC(=O)OCC1c2ccccc2-c2ccccc21. The van der Waals surface area contributed by atoms with Gasteiger partial charge in [-0.2, -0.15) is 0 Å². The monoisotopic (exact) mass is 662 g/mol. The normalized spacial score (nSPS) is 12.3. The van der Waals surface area contributed by atoms with E-state index in [2.05, 4.69) is 34.9 Å². The lowest BCUT2D eigenvalue weighted by Gasteiger charge is -2.14. The molecule has 2 aromatic carbocycles. The fraction of sp³-hybridized carbons (Fsp3) is 0.629. The number of carbonyl (C=O) groups is 1. The zero-order valence-corrected chi connectivity index (χ0v) is 27.9. The summed E-state index contributed by atoms with van der Waals surface area (Å²) in [5.41, 5.74) is 4.82. The lowest BCUT2D eigenvalue weighted by molar-refractivity contribution is -0.0230. The number of benzene rings is 2. The fourth-order valence-corrected chi connectivity index (χ4v) is 4.83. The van der Waals surface area contributed by atoms with Crippen molar-refractivity contribution in [2.75, 3.05) is 132 Å². The highest BCUT2D eigenvalue weighted by molar-refractivity contribution is 5.79. The van der Waals surface area contributed by atoms with Gasteiger partial charge in [0.15, 0.2) is 0 Å². The molecular weight excluding hydrogens is 608 g/mol. The fourth-order valence-electron chi connectivity index (χ4n) is 4.83. The number of rotatable bonds is 30. The average molecular weight is 663 g/mol. The van der Waals surface area contributed by atoms with E-state index in [4.69, 9.17) is 42.6 Å². The number of hydrogen-bond acceptors (Lipinski definition) is 11. The third kappa shape index (κ3) is 16.8. The van der Waals surface area contributed by atoms with Crippen LogP contribution in [0.5, 0.6) is 0 Å². The number of carbonyl (C=O) groups excluding carboxylic acids is 1. The van der Waals surface area contributed by atoms with Crippen molar-refractivity contribution in [3.05, 3.63) is 59.7 Å². The van der Waals surface area contributed by atoms with Gasteiger partial charge in [0.25, 0.3) is 0 Å². The number of hydrogen-bond donors (Lipinski definition) is 2. The molecule has 1 aliphatic carbocycles. The Balaban J connectivity index is 0.994. The van der Waals surface area contributed by atoms with Gasteiger partial charge in [0.05, 0.1) is 99.1 Å². The van der Waals surface area contributed by atoms with Crippen LogP contribution < -0.4 is 10.6 Å². The Bertz CT molecular complexity index is 1030. The van der Waals surface area contributed by atoms with Crippen LogP contribution in [0.1, 0.15) is 23.5 Å². The Morgan fingerprint density at radius 3 is 1.34 bits per heavy atom. The summed E-state index contributed by atoms with van der Waals surface area (Å²) in [6, 6.07) is 16.6. The standard InChI is InChI=1S/C35H54N2O10/c1-36-12-14-40-16-18-42-20-22-44-24-26-46-28-27-45-25-23-43-21-19-41-17-15-39-13-6-11-37-35(38)47-29-34-32-9-4-2-7-30(32)31-8-3-5-10-33(31)34/h2-5,7-10,34,36H,6,11-29H2,1H3,(H,37,38). The van der Waals surface area contributed by atoms with Crippen molar-refractivity contribution in [1.82, 2.24) is 10.6 Å². The quantitative estimate of drug-likeness (QED) is 0.120. The van der Waals surface area contributed by atoms with E-state index >= 15 is 0 Å². The average Bonchev–Trinajstić information content (AvgIpc) is 3.42. The topological polar surface area (TPSA) is 124 Å². The summed E-state index contributed by atoms with van der Waals surface area (Å²) in [4.78, 5) is 12.2. The zero-order chi connectivity index (χ0) is 33.0. The second kappa shape index (κ2) is 26.3. The summed E-state index contributed by atoms with van der Waals surface area (Å²) in [6.07, 6.45) is 0.279. The molecule has 1 amide bonds. The second-order valence-corrected chi connectivity index (χ2v) is 10.6. The van der Waals surface area contributed by atoms with E-state index in [0.717, 1.165) is 6.54 Å². The second-order valence-electron chi connectivity index (χ2n) is 10.6. The Kier molecular flexibility index (Phi) is 21.7. The highest BCUT2D eigenvalue weighted by atomic mass is 16.6. The van der Waals surface area contributed by atoms with Gasteiger partial charge in [0, 0.05) is 25.6 Å². The van der Waals surface area contributed by atoms with E-state index in [9.17, 15) is 4.79 Å². The molecule has 3 rings (SSSR count). The van der Waals surface area contributed by atoms with E-state index in [1.54, 1.807) is 0 Å². The van der Waals surface area contributed by atoms with Gasteiger partial charge < -0.3 is 53.3 Å². The van der Waals surface area contributed by atoms with Crippen LogP contribution in [0, 0.1) is 0 Å². The Labute approximate surface area is 279 Å². The van der Waals surface area contributed by atoms with Crippen molar-refractivity contribution in [2.24, 2.45) is 0 Å². The number of likely N-dealkylation sites (N-methyl/N-ethyl adjacent to an activating group) is 1. The van der Waals surface area contributed by atoms with E-state index < -0.39 is 6.09 Å². The van der Waals surface area contributed by atoms with Crippen LogP contribution in [-0.4, -0.2) is 139 Å². The first-order valence-corrected chi connectivity index (χ1v) is 16.7. The smallest absolute Gasteiger partial charge is 0.407 e. The molecule has 0 spiro atoms. The third-order valence-electron chi connectivity index (χ3n) is 7.18. The molecule has 0 unspecified atom stereocenters. The molecule has 0 atom stereocenters. The van der Waals surface area contributed by atoms with Crippen LogP contribution in [0.3, 0.4) is 0 Å². The maximum Gasteiger partial charge on any atom is 0.407 e. The summed E-state index contributed by atoms with van der Waals surface area (Å²) < 4.78 is 49.3. The molecule has 0 saturated heterocycles. The van der Waals surface area contributed by atoms with Crippen LogP contribution in [0.15, 0.2) is 48.5 Å². The molecule has 12 heteroatoms. The molecule has 47 heavy (non-hydrogen) atoms. The molecular formula is C35H54N2O10. The minimum Gasteiger partial charge on any atom is -0.449 e. The van der Waals surface area contributed by atoms with Gasteiger partial charge in [-0.3, -0.25) is 0 Å². The Morgan fingerprint density at radius 2 is 0.915 bits per heavy atom. The molecule has 0 bridgehead atoms. The highest BCUT2D eigenvalue weighted by Gasteiger charge is 2.28. The van der Waals surface area contributed by atoms with Gasteiger partial charge in [-0.25, -0.2) is 4.79 Å². The lowest BCUT2D eigenvalue weighted by Crippen LogP contribution is -2.27. The zero-order valence-electron chi connectivity index (χ0n) is 27.9. The van der Waals surface area contributed by atoms with Crippen LogP contribution >= 0.6 is 0 Å². The number of ether oxygens (including phenoxy) is 9. The van der Waals surface area contributed by atoms with Crippen molar-refractivity contribution in [3.8, 4) is 11.1 Å². The number of alkyl carbamates (subject to hydrolysis) is 1. The van der Waals surface area contributed by atoms with Crippen molar-refractivity contribution >= 4 is 6.09 Å². The van der Waals surface area contributed by atoms with E-state index in [-0.39, 0.29) is 5.92 Å². The number of nitrogens with one attached hydrogen (secondary N) is 2. The summed E-state index contributed by atoms with van der Waals surface area (Å²) in [5.74, 6) is 0.0545. The number of amides is 1. The highest BCUT2D eigenvalue weighted by Crippen LogP contribution is 2.44. The van der Waals surface area contributed by atoms with Crippen molar-refractivity contribution in [3.63, 3.8) is 0 Å². The van der Waals surface area contributed by atoms with Gasteiger partial charge >= 0.3 is 6.09 Å². The van der Waals surface area contributed by atoms with Crippen LogP contribution in [0.2, 0.25) is 0 Å². The van der Waals surface area contributed by atoms with Gasteiger partial charge in [0.2, 0.25) is 0 Å². The van der Waals surface area contributed by atoms with Gasteiger partial charge in [-0.05, 0) is 35.7 Å². The molecule has 0 aromatic heterocycles. The minimum atomic E-state index is -0.411. The predicted octanol–water partition coefficient (Wildman–Crippen LogP) is 3.27.